The second-order valence-corrected chi connectivity index (χ2v) is 5.02. The predicted molar refractivity (Wildman–Crippen MR) is 77.9 cm³/mol. The number of pyridine rings is 1. The third kappa shape index (κ3) is 3.12. The van der Waals surface area contributed by atoms with Gasteiger partial charge in [0.25, 0.3) is 5.91 Å². The van der Waals surface area contributed by atoms with Gasteiger partial charge < -0.3 is 5.32 Å². The molecule has 2 rings (SSSR count). The van der Waals surface area contributed by atoms with E-state index in [2.05, 4.69) is 10.3 Å². The Bertz CT molecular complexity index is 615. The zero-order chi connectivity index (χ0) is 14.0. The van der Waals surface area contributed by atoms with Crippen LogP contribution in [0.5, 0.6) is 0 Å². The van der Waals surface area contributed by atoms with E-state index >= 15 is 0 Å². The molecule has 1 heterocycles. The van der Waals surface area contributed by atoms with Gasteiger partial charge in [-0.3, -0.25) is 9.78 Å². The summed E-state index contributed by atoms with van der Waals surface area (Å²) >= 11 is 5.86. The standard InChI is InChI=1S/C15H15ClN2O/c1-9-6-10(2)14(11(3)7-9)18-15(19)13-8-12(16)4-5-17-13/h4-8H,1-3H3,(H,18,19). The van der Waals surface area contributed by atoms with E-state index in [0.717, 1.165) is 16.8 Å². The van der Waals surface area contributed by atoms with Crippen molar-refractivity contribution in [2.45, 2.75) is 20.8 Å². The Morgan fingerprint density at radius 1 is 1.16 bits per heavy atom. The van der Waals surface area contributed by atoms with Crippen LogP contribution >= 0.6 is 11.6 Å². The highest BCUT2D eigenvalue weighted by Crippen LogP contribution is 2.22. The first-order chi connectivity index (χ1) is 8.97. The third-order valence-electron chi connectivity index (χ3n) is 2.87. The molecule has 0 aliphatic heterocycles. The maximum Gasteiger partial charge on any atom is 0.274 e. The molecular weight excluding hydrogens is 260 g/mol. The summed E-state index contributed by atoms with van der Waals surface area (Å²) in [6.45, 7) is 5.98. The van der Waals surface area contributed by atoms with Crippen LogP contribution in [0, 0.1) is 20.8 Å². The normalized spacial score (nSPS) is 10.3. The molecule has 1 aromatic heterocycles. The van der Waals surface area contributed by atoms with Gasteiger partial charge in [0, 0.05) is 16.9 Å². The fourth-order valence-electron chi connectivity index (χ4n) is 2.08. The highest BCUT2D eigenvalue weighted by atomic mass is 35.5. The summed E-state index contributed by atoms with van der Waals surface area (Å²) in [6, 6.07) is 7.26. The molecule has 0 radical (unpaired) electrons. The number of nitrogens with one attached hydrogen (secondary N) is 1. The van der Waals surface area contributed by atoms with E-state index in [0.29, 0.717) is 10.7 Å². The lowest BCUT2D eigenvalue weighted by molar-refractivity contribution is 0.102. The molecule has 1 aromatic carbocycles. The topological polar surface area (TPSA) is 42.0 Å². The van der Waals surface area contributed by atoms with Crippen molar-refractivity contribution >= 4 is 23.2 Å². The van der Waals surface area contributed by atoms with Crippen LogP contribution in [0.25, 0.3) is 0 Å². The average molecular weight is 275 g/mol. The number of rotatable bonds is 2. The number of halogens is 1. The Morgan fingerprint density at radius 3 is 2.37 bits per heavy atom. The van der Waals surface area contributed by atoms with E-state index in [1.54, 1.807) is 12.1 Å². The van der Waals surface area contributed by atoms with E-state index < -0.39 is 0 Å². The number of hydrogen-bond donors (Lipinski definition) is 1. The highest BCUT2D eigenvalue weighted by Gasteiger charge is 2.11. The molecule has 2 aromatic rings. The van der Waals surface area contributed by atoms with E-state index in [1.807, 2.05) is 32.9 Å². The maximum atomic E-state index is 12.1. The maximum absolute atomic E-state index is 12.1. The molecule has 0 saturated carbocycles. The minimum Gasteiger partial charge on any atom is -0.320 e. The van der Waals surface area contributed by atoms with Crippen molar-refractivity contribution in [1.29, 1.82) is 0 Å². The molecule has 0 spiro atoms. The minimum atomic E-state index is -0.252. The number of carbonyl (C=O) groups is 1. The lowest BCUT2D eigenvalue weighted by Gasteiger charge is -2.12. The van der Waals surface area contributed by atoms with Gasteiger partial charge in [-0.05, 0) is 44.0 Å². The smallest absolute Gasteiger partial charge is 0.274 e. The molecule has 0 saturated heterocycles. The fourth-order valence-corrected chi connectivity index (χ4v) is 2.24. The van der Waals surface area contributed by atoms with E-state index in [1.165, 1.54) is 11.8 Å². The quantitative estimate of drug-likeness (QED) is 0.902. The van der Waals surface area contributed by atoms with E-state index in [4.69, 9.17) is 11.6 Å². The van der Waals surface area contributed by atoms with Crippen LogP contribution in [0.1, 0.15) is 27.2 Å². The van der Waals surface area contributed by atoms with Crippen LogP contribution in [0.3, 0.4) is 0 Å². The van der Waals surface area contributed by atoms with Gasteiger partial charge in [0.15, 0.2) is 0 Å². The number of carbonyl (C=O) groups excluding carboxylic acids is 1. The number of hydrogen-bond acceptors (Lipinski definition) is 2. The summed E-state index contributed by atoms with van der Waals surface area (Å²) in [5.74, 6) is -0.252. The van der Waals surface area contributed by atoms with Gasteiger partial charge in [-0.1, -0.05) is 29.3 Å². The summed E-state index contributed by atoms with van der Waals surface area (Å²) in [5, 5.41) is 3.39. The predicted octanol–water partition coefficient (Wildman–Crippen LogP) is 3.91. The first kappa shape index (κ1) is 13.6. The molecule has 0 aliphatic carbocycles. The lowest BCUT2D eigenvalue weighted by atomic mass is 10.0. The zero-order valence-electron chi connectivity index (χ0n) is 11.1. The first-order valence-electron chi connectivity index (χ1n) is 5.98. The Kier molecular flexibility index (Phi) is 3.86. The molecule has 0 unspecified atom stereocenters. The van der Waals surface area contributed by atoms with Crippen molar-refractivity contribution in [3.05, 3.63) is 57.9 Å². The highest BCUT2D eigenvalue weighted by molar-refractivity contribution is 6.30. The van der Waals surface area contributed by atoms with Crippen LogP contribution in [0.4, 0.5) is 5.69 Å². The Balaban J connectivity index is 2.29. The molecule has 1 N–H and O–H groups in total. The molecule has 1 amide bonds. The van der Waals surface area contributed by atoms with Crippen molar-refractivity contribution in [2.24, 2.45) is 0 Å². The molecule has 98 valence electrons. The molecule has 4 heteroatoms. The van der Waals surface area contributed by atoms with Crippen molar-refractivity contribution in [2.75, 3.05) is 5.32 Å². The first-order valence-corrected chi connectivity index (χ1v) is 6.36. The second-order valence-electron chi connectivity index (χ2n) is 4.59. The molecule has 0 atom stereocenters. The van der Waals surface area contributed by atoms with Crippen LogP contribution < -0.4 is 5.32 Å². The second kappa shape index (κ2) is 5.41. The van der Waals surface area contributed by atoms with Crippen LogP contribution in [0.15, 0.2) is 30.5 Å². The fraction of sp³-hybridized carbons (Fsp3) is 0.200. The number of anilines is 1. The SMILES string of the molecule is Cc1cc(C)c(NC(=O)c2cc(Cl)ccn2)c(C)c1. The number of benzene rings is 1. The van der Waals surface area contributed by atoms with Crippen molar-refractivity contribution in [3.63, 3.8) is 0 Å². The summed E-state index contributed by atoms with van der Waals surface area (Å²) in [5.41, 5.74) is 4.39. The van der Waals surface area contributed by atoms with Crippen molar-refractivity contribution in [3.8, 4) is 0 Å². The Morgan fingerprint density at radius 2 is 1.79 bits per heavy atom. The molecule has 0 aliphatic rings. The zero-order valence-corrected chi connectivity index (χ0v) is 11.9. The van der Waals surface area contributed by atoms with Gasteiger partial charge in [-0.15, -0.1) is 0 Å². The third-order valence-corrected chi connectivity index (χ3v) is 3.11. The molecular formula is C15H15ClN2O. The van der Waals surface area contributed by atoms with E-state index in [9.17, 15) is 4.79 Å². The van der Waals surface area contributed by atoms with Crippen LogP contribution in [-0.4, -0.2) is 10.9 Å². The van der Waals surface area contributed by atoms with E-state index in [-0.39, 0.29) is 5.91 Å². The summed E-state index contributed by atoms with van der Waals surface area (Å²) in [6.07, 6.45) is 1.52. The number of aromatic nitrogens is 1. The van der Waals surface area contributed by atoms with Crippen LogP contribution in [-0.2, 0) is 0 Å². The average Bonchev–Trinajstić information content (AvgIpc) is 2.33. The summed E-state index contributed by atoms with van der Waals surface area (Å²) in [4.78, 5) is 16.1. The van der Waals surface area contributed by atoms with Gasteiger partial charge in [-0.25, -0.2) is 0 Å². The van der Waals surface area contributed by atoms with Crippen LogP contribution in [0.2, 0.25) is 5.02 Å². The van der Waals surface area contributed by atoms with Gasteiger partial charge in [-0.2, -0.15) is 0 Å². The molecule has 3 nitrogen and oxygen atoms in total. The minimum absolute atomic E-state index is 0.252. The van der Waals surface area contributed by atoms with Gasteiger partial charge in [0.1, 0.15) is 5.69 Å². The Hall–Kier alpha value is -1.87. The number of aryl methyl sites for hydroxylation is 3. The largest absolute Gasteiger partial charge is 0.320 e. The number of nitrogens with zero attached hydrogens (tertiary/aromatic N) is 1. The Labute approximate surface area is 117 Å². The monoisotopic (exact) mass is 274 g/mol. The van der Waals surface area contributed by atoms with Gasteiger partial charge in [0.2, 0.25) is 0 Å². The van der Waals surface area contributed by atoms with Gasteiger partial charge in [0.05, 0.1) is 0 Å². The number of amides is 1. The summed E-state index contributed by atoms with van der Waals surface area (Å²) in [7, 11) is 0. The van der Waals surface area contributed by atoms with Crippen molar-refractivity contribution < 1.29 is 4.79 Å². The summed E-state index contributed by atoms with van der Waals surface area (Å²) < 4.78 is 0. The molecule has 19 heavy (non-hydrogen) atoms. The molecule has 0 bridgehead atoms. The van der Waals surface area contributed by atoms with Gasteiger partial charge >= 0.3 is 0 Å². The lowest BCUT2D eigenvalue weighted by Crippen LogP contribution is -2.15. The van der Waals surface area contributed by atoms with Crippen molar-refractivity contribution in [1.82, 2.24) is 4.98 Å². The molecule has 0 fully saturated rings.